The van der Waals surface area contributed by atoms with E-state index in [2.05, 4.69) is 29.1 Å². The number of amides is 2. The van der Waals surface area contributed by atoms with Crippen molar-refractivity contribution in [2.45, 2.75) is 128 Å². The zero-order chi connectivity index (χ0) is 57.9. The van der Waals surface area contributed by atoms with Gasteiger partial charge in [-0.2, -0.15) is 5.10 Å². The number of ether oxygens (including phenoxy) is 4. The van der Waals surface area contributed by atoms with Crippen molar-refractivity contribution in [3.63, 3.8) is 0 Å². The molecule has 4 aliphatic carbocycles. The van der Waals surface area contributed by atoms with E-state index >= 15 is 0 Å². The number of carbonyl (C=O) groups excluding carboxylic acids is 2. The summed E-state index contributed by atoms with van der Waals surface area (Å²) in [4.78, 5) is 65.9. The minimum absolute atomic E-state index is 0.0102. The van der Waals surface area contributed by atoms with Gasteiger partial charge in [0.1, 0.15) is 30.7 Å². The molecule has 432 valence electrons. The number of aromatic carboxylic acids is 1. The SMILES string of the molecule is Cc1c(-c2ccc(-c3ccc4[nH]cc(C(=O)Nc5nc6ccccc6s5)c4c3)nc2C(=O)O)cnn1CC12CC3(C)CC(C)(C1)CC(OCCN(C)C(=O)OCc1ccc(CCCCN)cc1O[C@@H]1O[C@H](C(=O)O)[C@@H](O)[C@H](O)[C@H]1O)(C3)C2. The number of aryl methyl sites for hydroxylation is 1. The molecular weight excluding hydrogens is 1070 g/mol. The van der Waals surface area contributed by atoms with E-state index in [0.29, 0.717) is 63.5 Å². The highest BCUT2D eigenvalue weighted by Gasteiger charge is 2.66. The first-order valence-electron chi connectivity index (χ1n) is 27.6. The number of likely N-dealkylation sites (N-methyl/N-ethyl adjacent to an activating group) is 1. The molecule has 5 fully saturated rings. The molecule has 0 radical (unpaired) electrons. The van der Waals surface area contributed by atoms with Gasteiger partial charge in [-0.05, 0) is 136 Å². The van der Waals surface area contributed by atoms with Gasteiger partial charge < -0.3 is 60.1 Å². The number of hydrogen-bond acceptors (Lipinski definition) is 16. The Morgan fingerprint density at radius 3 is 2.43 bits per heavy atom. The number of aromatic amines is 1. The number of hydrogen-bond donors (Lipinski definition) is 8. The van der Waals surface area contributed by atoms with Crippen LogP contribution in [0.1, 0.15) is 103 Å². The molecule has 1 saturated heterocycles. The number of carbonyl (C=O) groups is 4. The Labute approximate surface area is 476 Å². The van der Waals surface area contributed by atoms with Gasteiger partial charge in [-0.3, -0.25) is 14.8 Å². The van der Waals surface area contributed by atoms with Crippen molar-refractivity contribution in [1.29, 1.82) is 0 Å². The molecule has 4 bridgehead atoms. The number of aliphatic carboxylic acids is 1. The van der Waals surface area contributed by atoms with Gasteiger partial charge in [0.05, 0.1) is 39.9 Å². The second kappa shape index (κ2) is 22.1. The average Bonchev–Trinajstić information content (AvgIpc) is 1.16. The van der Waals surface area contributed by atoms with E-state index in [-0.39, 0.29) is 53.4 Å². The van der Waals surface area contributed by atoms with E-state index < -0.39 is 54.3 Å². The van der Waals surface area contributed by atoms with Crippen molar-refractivity contribution in [3.8, 4) is 28.1 Å². The van der Waals surface area contributed by atoms with Crippen LogP contribution in [-0.2, 0) is 38.6 Å². The lowest BCUT2D eigenvalue weighted by atomic mass is 9.39. The maximum atomic E-state index is 13.6. The van der Waals surface area contributed by atoms with Crippen molar-refractivity contribution in [1.82, 2.24) is 29.6 Å². The molecule has 5 heterocycles. The summed E-state index contributed by atoms with van der Waals surface area (Å²) in [5.41, 5.74) is 11.1. The summed E-state index contributed by atoms with van der Waals surface area (Å²) in [6, 6.07) is 22.0. The number of pyridine rings is 1. The van der Waals surface area contributed by atoms with Gasteiger partial charge in [-0.25, -0.2) is 24.4 Å². The van der Waals surface area contributed by atoms with Crippen LogP contribution in [0.2, 0.25) is 0 Å². The number of fused-ring (bicyclic) bond motifs is 2. The third-order valence-electron chi connectivity index (χ3n) is 17.0. The molecule has 21 nitrogen and oxygen atoms in total. The lowest BCUT2D eigenvalue weighted by molar-refractivity contribution is -0.271. The van der Waals surface area contributed by atoms with Crippen molar-refractivity contribution >= 4 is 61.5 Å². The van der Waals surface area contributed by atoms with Crippen LogP contribution in [0.15, 0.2) is 85.2 Å². The van der Waals surface area contributed by atoms with Crippen LogP contribution in [0.4, 0.5) is 9.93 Å². The van der Waals surface area contributed by atoms with Gasteiger partial charge in [0.25, 0.3) is 5.91 Å². The van der Waals surface area contributed by atoms with Crippen LogP contribution in [0, 0.1) is 23.2 Å². The quantitative estimate of drug-likeness (QED) is 0.0336. The number of nitrogens with one attached hydrogen (secondary N) is 2. The Morgan fingerprint density at radius 2 is 1.68 bits per heavy atom. The van der Waals surface area contributed by atoms with Gasteiger partial charge in [0, 0.05) is 65.2 Å². The molecular formula is C60H68N8O13S. The number of aromatic nitrogens is 5. The molecule has 9 N–H and O–H groups in total. The van der Waals surface area contributed by atoms with Crippen molar-refractivity contribution in [2.24, 2.45) is 22.0 Å². The molecule has 12 rings (SSSR count). The Bertz CT molecular complexity index is 3550. The first-order valence-corrected chi connectivity index (χ1v) is 28.5. The number of unbranched alkanes of at least 4 members (excludes halogenated alkanes) is 1. The number of anilines is 1. The van der Waals surface area contributed by atoms with Gasteiger partial charge in [0.15, 0.2) is 16.9 Å². The predicted molar refractivity (Wildman–Crippen MR) is 303 cm³/mol. The minimum Gasteiger partial charge on any atom is -0.479 e. The molecule has 7 atom stereocenters. The molecule has 2 unspecified atom stereocenters. The molecule has 2 amide bonds. The summed E-state index contributed by atoms with van der Waals surface area (Å²) in [6.07, 6.45) is 1.41. The summed E-state index contributed by atoms with van der Waals surface area (Å²) >= 11 is 1.39. The minimum atomic E-state index is -1.89. The highest BCUT2D eigenvalue weighted by Crippen LogP contribution is 2.72. The number of rotatable bonds is 20. The number of thiazole rings is 1. The largest absolute Gasteiger partial charge is 0.479 e. The number of para-hydroxylation sites is 1. The molecule has 1 aliphatic heterocycles. The van der Waals surface area contributed by atoms with Crippen molar-refractivity contribution in [2.75, 3.05) is 32.1 Å². The Morgan fingerprint density at radius 1 is 0.902 bits per heavy atom. The van der Waals surface area contributed by atoms with E-state index in [0.717, 1.165) is 78.4 Å². The second-order valence-corrected chi connectivity index (χ2v) is 24.9. The third-order valence-corrected chi connectivity index (χ3v) is 17.9. The Kier molecular flexibility index (Phi) is 15.3. The van der Waals surface area contributed by atoms with Crippen LogP contribution < -0.4 is 15.8 Å². The summed E-state index contributed by atoms with van der Waals surface area (Å²) in [5.74, 6) is -2.92. The average molecular weight is 1140 g/mol. The maximum absolute atomic E-state index is 13.6. The number of carboxylic acids is 2. The highest BCUT2D eigenvalue weighted by atomic mass is 32.1. The fourth-order valence-corrected chi connectivity index (χ4v) is 15.2. The first kappa shape index (κ1) is 56.5. The second-order valence-electron chi connectivity index (χ2n) is 23.8. The maximum Gasteiger partial charge on any atom is 0.409 e. The van der Waals surface area contributed by atoms with E-state index in [1.807, 2.05) is 60.1 Å². The van der Waals surface area contributed by atoms with Crippen LogP contribution in [0.25, 0.3) is 43.5 Å². The molecule has 22 heteroatoms. The third kappa shape index (κ3) is 11.2. The lowest BCUT2D eigenvalue weighted by Gasteiger charge is -2.69. The van der Waals surface area contributed by atoms with Gasteiger partial charge in [-0.1, -0.05) is 55.5 Å². The Balaban J connectivity index is 0.752. The smallest absolute Gasteiger partial charge is 0.409 e. The van der Waals surface area contributed by atoms with Crippen molar-refractivity contribution < 1.29 is 63.7 Å². The van der Waals surface area contributed by atoms with E-state index in [9.17, 15) is 44.7 Å². The number of aliphatic hydroxyl groups excluding tert-OH is 3. The van der Waals surface area contributed by atoms with Crippen molar-refractivity contribution in [3.05, 3.63) is 113 Å². The van der Waals surface area contributed by atoms with E-state index in [1.165, 1.54) is 16.2 Å². The van der Waals surface area contributed by atoms with Gasteiger partial charge in [-0.15, -0.1) is 0 Å². The number of benzene rings is 3. The molecule has 3 aromatic carbocycles. The molecule has 82 heavy (non-hydrogen) atoms. The van der Waals surface area contributed by atoms with Crippen LogP contribution in [0.3, 0.4) is 0 Å². The number of H-pyrrole nitrogens is 1. The molecule has 4 aromatic heterocycles. The van der Waals surface area contributed by atoms with Crippen LogP contribution in [0.5, 0.6) is 5.75 Å². The van der Waals surface area contributed by atoms with E-state index in [4.69, 9.17) is 34.8 Å². The fraction of sp³-hybridized carbons (Fsp3) is 0.450. The zero-order valence-electron chi connectivity index (χ0n) is 46.1. The van der Waals surface area contributed by atoms with E-state index in [1.54, 1.807) is 43.7 Å². The summed E-state index contributed by atoms with van der Waals surface area (Å²) < 4.78 is 27.1. The normalized spacial score (nSPS) is 26.5. The number of nitrogens with zero attached hydrogens (tertiary/aromatic N) is 5. The summed E-state index contributed by atoms with van der Waals surface area (Å²) in [6.45, 7) is 8.01. The fourth-order valence-electron chi connectivity index (χ4n) is 14.4. The van der Waals surface area contributed by atoms with Crippen LogP contribution >= 0.6 is 11.3 Å². The molecule has 5 aliphatic rings. The summed E-state index contributed by atoms with van der Waals surface area (Å²) in [7, 11) is 1.63. The monoisotopic (exact) mass is 1140 g/mol. The first-order chi connectivity index (χ1) is 39.1. The zero-order valence-corrected chi connectivity index (χ0v) is 46.9. The number of nitrogens with two attached hydrogens (primary N) is 1. The van der Waals surface area contributed by atoms with Gasteiger partial charge in [0.2, 0.25) is 6.29 Å². The van der Waals surface area contributed by atoms with Crippen LogP contribution in [-0.4, -0.2) is 142 Å². The number of carboxylic acid groups (broad SMARTS) is 2. The summed E-state index contributed by atoms with van der Waals surface area (Å²) in [5, 5.41) is 60.6. The predicted octanol–water partition coefficient (Wildman–Crippen LogP) is 7.92. The number of aliphatic hydroxyl groups is 3. The lowest BCUT2D eigenvalue weighted by Crippen LogP contribution is -2.64. The topological polar surface area (TPSA) is 307 Å². The molecule has 0 spiro atoms. The molecule has 7 aromatic rings. The molecule has 4 saturated carbocycles. The Hall–Kier alpha value is -7.31. The highest BCUT2D eigenvalue weighted by molar-refractivity contribution is 7.22. The standard InChI is InChI=1S/C60H68N8O13S/c1-33-39(37-15-17-41(64-46(37)52(73)74)35-14-16-42-38(22-35)40(23-62-42)51(72)66-55-65-43-10-5-6-11-45(43)82-55)24-63-68(33)32-59-27-57(2)26-58(3,28-59)30-60(29-57,31-59)79-20-19-67(4)56(77)78-25-36-13-12-34(9-7-8-18-61)21-44(36)80-54-49(71)47(69)48(70)50(81-54)53(75)76/h5-6,10-17,21-24,47-50,54,62,69-71H,7-9,18-20,25-32,61H2,1-4H3,(H,73,74)(H,75,76)(H,65,66,72)/t47-,48-,49+,50-,54+,57?,58?,59?,60?/m0/s1. The van der Waals surface area contributed by atoms with Gasteiger partial charge >= 0.3 is 18.0 Å².